The first-order valence-corrected chi connectivity index (χ1v) is 7.15. The number of hydrogen-bond donors (Lipinski definition) is 0. The Balaban J connectivity index is 1.92. The van der Waals surface area contributed by atoms with E-state index < -0.39 is 0 Å². The minimum atomic E-state index is 0.0871. The Bertz CT molecular complexity index is 598. The van der Waals surface area contributed by atoms with Gasteiger partial charge in [-0.2, -0.15) is 0 Å². The van der Waals surface area contributed by atoms with Gasteiger partial charge in [0, 0.05) is 32.9 Å². The SMILES string of the molecule is Cc1cccc(C#CC=C2CCN(C(=O)N(C)C)CC2)n1. The molecule has 21 heavy (non-hydrogen) atoms. The van der Waals surface area contributed by atoms with E-state index in [1.54, 1.807) is 19.0 Å². The Morgan fingerprint density at radius 3 is 2.67 bits per heavy atom. The second-order valence-electron chi connectivity index (χ2n) is 5.40. The van der Waals surface area contributed by atoms with Crippen LogP contribution in [0.15, 0.2) is 29.8 Å². The van der Waals surface area contributed by atoms with Gasteiger partial charge in [0.15, 0.2) is 0 Å². The summed E-state index contributed by atoms with van der Waals surface area (Å²) < 4.78 is 0. The van der Waals surface area contributed by atoms with Crippen molar-refractivity contribution in [1.29, 1.82) is 0 Å². The van der Waals surface area contributed by atoms with Crippen LogP contribution in [0.5, 0.6) is 0 Å². The van der Waals surface area contributed by atoms with Crippen molar-refractivity contribution in [3.63, 3.8) is 0 Å². The van der Waals surface area contributed by atoms with Gasteiger partial charge < -0.3 is 9.80 Å². The van der Waals surface area contributed by atoms with E-state index in [9.17, 15) is 4.79 Å². The molecule has 2 rings (SSSR count). The number of allylic oxidation sites excluding steroid dienone is 1. The van der Waals surface area contributed by atoms with E-state index in [0.29, 0.717) is 0 Å². The van der Waals surface area contributed by atoms with Gasteiger partial charge in [-0.1, -0.05) is 17.6 Å². The number of carbonyl (C=O) groups is 1. The number of aryl methyl sites for hydroxylation is 1. The topological polar surface area (TPSA) is 36.4 Å². The maximum Gasteiger partial charge on any atom is 0.319 e. The molecule has 110 valence electrons. The van der Waals surface area contributed by atoms with E-state index in [-0.39, 0.29) is 6.03 Å². The minimum absolute atomic E-state index is 0.0871. The van der Waals surface area contributed by atoms with Gasteiger partial charge in [-0.3, -0.25) is 0 Å². The first kappa shape index (κ1) is 15.1. The number of rotatable bonds is 0. The summed E-state index contributed by atoms with van der Waals surface area (Å²) in [6, 6.07) is 5.92. The fourth-order valence-corrected chi connectivity index (χ4v) is 2.24. The van der Waals surface area contributed by atoms with Crippen LogP contribution in [0.1, 0.15) is 24.2 Å². The molecule has 1 aliphatic heterocycles. The van der Waals surface area contributed by atoms with Gasteiger partial charge in [-0.25, -0.2) is 9.78 Å². The average Bonchev–Trinajstić information content (AvgIpc) is 2.47. The van der Waals surface area contributed by atoms with E-state index in [1.165, 1.54) is 5.57 Å². The predicted molar refractivity (Wildman–Crippen MR) is 83.8 cm³/mol. The summed E-state index contributed by atoms with van der Waals surface area (Å²) in [5, 5.41) is 0. The molecule has 4 nitrogen and oxygen atoms in total. The Kier molecular flexibility index (Phi) is 4.99. The van der Waals surface area contributed by atoms with Crippen molar-refractivity contribution < 1.29 is 4.79 Å². The average molecular weight is 283 g/mol. The normalized spacial score (nSPS) is 14.2. The number of pyridine rings is 1. The third-order valence-corrected chi connectivity index (χ3v) is 3.42. The van der Waals surface area contributed by atoms with Crippen LogP contribution < -0.4 is 0 Å². The summed E-state index contributed by atoms with van der Waals surface area (Å²) in [5.74, 6) is 6.14. The van der Waals surface area contributed by atoms with Crippen LogP contribution in [0.4, 0.5) is 4.79 Å². The highest BCUT2D eigenvalue weighted by Crippen LogP contribution is 2.16. The lowest BCUT2D eigenvalue weighted by Gasteiger charge is -2.30. The fourth-order valence-electron chi connectivity index (χ4n) is 2.24. The van der Waals surface area contributed by atoms with Gasteiger partial charge in [-0.15, -0.1) is 0 Å². The molecule has 2 heterocycles. The van der Waals surface area contributed by atoms with Crippen LogP contribution in [0.2, 0.25) is 0 Å². The summed E-state index contributed by atoms with van der Waals surface area (Å²) in [4.78, 5) is 19.7. The molecule has 1 aromatic rings. The Labute approximate surface area is 126 Å². The van der Waals surface area contributed by atoms with Gasteiger partial charge in [0.1, 0.15) is 5.69 Å². The number of nitrogens with zero attached hydrogens (tertiary/aromatic N) is 3. The van der Waals surface area contributed by atoms with Crippen molar-refractivity contribution >= 4 is 6.03 Å². The Hall–Kier alpha value is -2.28. The molecule has 0 unspecified atom stereocenters. The number of urea groups is 1. The molecular formula is C17H21N3O. The van der Waals surface area contributed by atoms with Crippen LogP contribution in [0.3, 0.4) is 0 Å². The summed E-state index contributed by atoms with van der Waals surface area (Å²) in [6.45, 7) is 3.50. The number of aromatic nitrogens is 1. The van der Waals surface area contributed by atoms with Crippen LogP contribution in [-0.2, 0) is 0 Å². The van der Waals surface area contributed by atoms with E-state index in [0.717, 1.165) is 37.3 Å². The third-order valence-electron chi connectivity index (χ3n) is 3.42. The number of carbonyl (C=O) groups excluding carboxylic acids is 1. The predicted octanol–water partition coefficient (Wildman–Crippen LogP) is 2.45. The molecule has 0 aromatic carbocycles. The number of likely N-dealkylation sites (tertiary alicyclic amines) is 1. The fraction of sp³-hybridized carbons (Fsp3) is 0.412. The lowest BCUT2D eigenvalue weighted by molar-refractivity contribution is 0.167. The van der Waals surface area contributed by atoms with Gasteiger partial charge in [0.05, 0.1) is 0 Å². The van der Waals surface area contributed by atoms with Gasteiger partial charge in [0.25, 0.3) is 0 Å². The monoisotopic (exact) mass is 283 g/mol. The third kappa shape index (κ3) is 4.35. The number of hydrogen-bond acceptors (Lipinski definition) is 2. The smallest absolute Gasteiger partial charge is 0.319 e. The maximum absolute atomic E-state index is 11.8. The largest absolute Gasteiger partial charge is 0.331 e. The molecule has 0 saturated carbocycles. The minimum Gasteiger partial charge on any atom is -0.331 e. The highest BCUT2D eigenvalue weighted by Gasteiger charge is 2.19. The van der Waals surface area contributed by atoms with Crippen molar-refractivity contribution in [1.82, 2.24) is 14.8 Å². The standard InChI is InChI=1S/C17H21N3O/c1-14-6-4-8-16(18-14)9-5-7-15-10-12-20(13-11-15)17(21)19(2)3/h4,6-8H,10-13H2,1-3H3. The molecule has 2 amide bonds. The molecule has 0 spiro atoms. The first-order chi connectivity index (χ1) is 10.1. The molecule has 0 N–H and O–H groups in total. The molecule has 1 aliphatic rings. The molecule has 1 aromatic heterocycles. The Morgan fingerprint density at radius 2 is 2.05 bits per heavy atom. The highest BCUT2D eigenvalue weighted by molar-refractivity contribution is 5.74. The zero-order valence-corrected chi connectivity index (χ0v) is 12.9. The number of piperidine rings is 1. The highest BCUT2D eigenvalue weighted by atomic mass is 16.2. The van der Waals surface area contributed by atoms with Crippen molar-refractivity contribution in [2.45, 2.75) is 19.8 Å². The summed E-state index contributed by atoms with van der Waals surface area (Å²) in [6.07, 6.45) is 3.77. The second-order valence-corrected chi connectivity index (χ2v) is 5.40. The van der Waals surface area contributed by atoms with Gasteiger partial charge >= 0.3 is 6.03 Å². The second kappa shape index (κ2) is 6.94. The van der Waals surface area contributed by atoms with Crippen molar-refractivity contribution in [2.24, 2.45) is 0 Å². The van der Waals surface area contributed by atoms with Crippen molar-refractivity contribution in [2.75, 3.05) is 27.2 Å². The van der Waals surface area contributed by atoms with Crippen LogP contribution in [0.25, 0.3) is 0 Å². The maximum atomic E-state index is 11.8. The molecule has 0 atom stereocenters. The molecule has 0 aliphatic carbocycles. The molecule has 0 radical (unpaired) electrons. The van der Waals surface area contributed by atoms with Crippen LogP contribution in [0, 0.1) is 18.8 Å². The van der Waals surface area contributed by atoms with Crippen molar-refractivity contribution in [3.05, 3.63) is 41.2 Å². The van der Waals surface area contributed by atoms with Gasteiger partial charge in [-0.05, 0) is 43.9 Å². The Morgan fingerprint density at radius 1 is 1.33 bits per heavy atom. The zero-order valence-electron chi connectivity index (χ0n) is 12.9. The van der Waals surface area contributed by atoms with E-state index in [4.69, 9.17) is 0 Å². The van der Waals surface area contributed by atoms with Crippen molar-refractivity contribution in [3.8, 4) is 11.8 Å². The summed E-state index contributed by atoms with van der Waals surface area (Å²) in [5.41, 5.74) is 3.08. The first-order valence-electron chi connectivity index (χ1n) is 7.15. The zero-order chi connectivity index (χ0) is 15.2. The molecule has 4 heteroatoms. The lowest BCUT2D eigenvalue weighted by atomic mass is 10.0. The van der Waals surface area contributed by atoms with Crippen LogP contribution >= 0.6 is 0 Å². The van der Waals surface area contributed by atoms with E-state index in [2.05, 4.69) is 16.8 Å². The van der Waals surface area contributed by atoms with E-state index in [1.807, 2.05) is 36.1 Å². The van der Waals surface area contributed by atoms with Crippen LogP contribution in [-0.4, -0.2) is 48.0 Å². The molecule has 0 bridgehead atoms. The molecule has 1 fully saturated rings. The molecule has 1 saturated heterocycles. The van der Waals surface area contributed by atoms with E-state index >= 15 is 0 Å². The quantitative estimate of drug-likeness (QED) is 0.686. The molecular weight excluding hydrogens is 262 g/mol. The summed E-state index contributed by atoms with van der Waals surface area (Å²) in [7, 11) is 3.57. The van der Waals surface area contributed by atoms with Gasteiger partial charge in [0.2, 0.25) is 0 Å². The lowest BCUT2D eigenvalue weighted by Crippen LogP contribution is -2.42. The summed E-state index contributed by atoms with van der Waals surface area (Å²) >= 11 is 0. The number of amides is 2.